The minimum absolute atomic E-state index is 0.0788. The SMILES string of the molecule is Cc1noc(C)c1S(=O)(=O)NCC(=O)NC(C)(C)C#N. The summed E-state index contributed by atoms with van der Waals surface area (Å²) in [6.45, 7) is 5.50. The van der Waals surface area contributed by atoms with Crippen molar-refractivity contribution in [3.63, 3.8) is 0 Å². The number of amides is 1. The van der Waals surface area contributed by atoms with Gasteiger partial charge in [-0.05, 0) is 27.7 Å². The zero-order chi connectivity index (χ0) is 15.6. The van der Waals surface area contributed by atoms with Gasteiger partial charge in [-0.15, -0.1) is 0 Å². The molecule has 0 aliphatic rings. The van der Waals surface area contributed by atoms with Crippen LogP contribution < -0.4 is 10.0 Å². The van der Waals surface area contributed by atoms with E-state index in [0.29, 0.717) is 0 Å². The molecule has 0 atom stereocenters. The molecule has 0 aliphatic heterocycles. The standard InChI is InChI=1S/C11H16N4O4S/c1-7-10(8(2)19-15-7)20(17,18)13-5-9(16)14-11(3,4)6-12/h13H,5H2,1-4H3,(H,14,16). The quantitative estimate of drug-likeness (QED) is 0.787. The Balaban J connectivity index is 2.76. The van der Waals surface area contributed by atoms with Gasteiger partial charge in [-0.2, -0.15) is 5.26 Å². The molecule has 1 aromatic heterocycles. The average Bonchev–Trinajstić information content (AvgIpc) is 2.67. The van der Waals surface area contributed by atoms with Gasteiger partial charge in [0.15, 0.2) is 5.76 Å². The summed E-state index contributed by atoms with van der Waals surface area (Å²) < 4.78 is 31.0. The topological polar surface area (TPSA) is 125 Å². The molecule has 0 fully saturated rings. The van der Waals surface area contributed by atoms with Gasteiger partial charge in [0.25, 0.3) is 0 Å². The smallest absolute Gasteiger partial charge is 0.246 e. The van der Waals surface area contributed by atoms with Gasteiger partial charge in [-0.3, -0.25) is 4.79 Å². The molecule has 110 valence electrons. The molecular weight excluding hydrogens is 284 g/mol. The van der Waals surface area contributed by atoms with E-state index in [2.05, 4.69) is 15.2 Å². The van der Waals surface area contributed by atoms with Crippen LogP contribution in [0, 0.1) is 25.2 Å². The Kier molecular flexibility index (Phi) is 4.52. The van der Waals surface area contributed by atoms with Gasteiger partial charge in [0.2, 0.25) is 15.9 Å². The Morgan fingerprint density at radius 3 is 2.50 bits per heavy atom. The third-order valence-electron chi connectivity index (χ3n) is 2.39. The molecule has 2 N–H and O–H groups in total. The number of nitriles is 1. The molecule has 8 nitrogen and oxygen atoms in total. The number of aromatic nitrogens is 1. The molecule has 0 saturated heterocycles. The molecule has 0 unspecified atom stereocenters. The van der Waals surface area contributed by atoms with Crippen molar-refractivity contribution < 1.29 is 17.7 Å². The predicted molar refractivity (Wildman–Crippen MR) is 69.0 cm³/mol. The molecule has 0 aromatic carbocycles. The maximum Gasteiger partial charge on any atom is 0.246 e. The molecular formula is C11H16N4O4S. The molecule has 0 spiro atoms. The number of sulfonamides is 1. The van der Waals surface area contributed by atoms with Gasteiger partial charge < -0.3 is 9.84 Å². The fraction of sp³-hybridized carbons (Fsp3) is 0.545. The Morgan fingerprint density at radius 2 is 2.05 bits per heavy atom. The van der Waals surface area contributed by atoms with Crippen molar-refractivity contribution in [2.24, 2.45) is 0 Å². The van der Waals surface area contributed by atoms with Gasteiger partial charge in [0, 0.05) is 0 Å². The summed E-state index contributed by atoms with van der Waals surface area (Å²) in [6, 6.07) is 1.88. The van der Waals surface area contributed by atoms with Crippen LogP contribution in [0.5, 0.6) is 0 Å². The Morgan fingerprint density at radius 1 is 1.45 bits per heavy atom. The van der Waals surface area contributed by atoms with E-state index in [4.69, 9.17) is 9.78 Å². The van der Waals surface area contributed by atoms with E-state index < -0.39 is 28.0 Å². The molecule has 1 heterocycles. The van der Waals surface area contributed by atoms with Crippen LogP contribution in [-0.4, -0.2) is 31.6 Å². The number of rotatable bonds is 5. The van der Waals surface area contributed by atoms with Crippen molar-refractivity contribution in [3.05, 3.63) is 11.5 Å². The lowest BCUT2D eigenvalue weighted by Gasteiger charge is -2.17. The van der Waals surface area contributed by atoms with E-state index in [-0.39, 0.29) is 16.3 Å². The average molecular weight is 300 g/mol. The highest BCUT2D eigenvalue weighted by Crippen LogP contribution is 2.18. The molecule has 9 heteroatoms. The molecule has 1 rings (SSSR count). The van der Waals surface area contributed by atoms with E-state index in [0.717, 1.165) is 0 Å². The van der Waals surface area contributed by atoms with Crippen LogP contribution >= 0.6 is 0 Å². The fourth-order valence-electron chi connectivity index (χ4n) is 1.51. The summed E-state index contributed by atoms with van der Waals surface area (Å²) in [5.41, 5.74) is -0.848. The van der Waals surface area contributed by atoms with Crippen LogP contribution in [0.15, 0.2) is 9.42 Å². The number of hydrogen-bond acceptors (Lipinski definition) is 6. The third kappa shape index (κ3) is 3.79. The van der Waals surface area contributed by atoms with Crippen LogP contribution in [0.1, 0.15) is 25.3 Å². The van der Waals surface area contributed by atoms with Crippen molar-refractivity contribution in [1.82, 2.24) is 15.2 Å². The van der Waals surface area contributed by atoms with E-state index in [1.54, 1.807) is 0 Å². The molecule has 1 aromatic rings. The second-order valence-corrected chi connectivity index (χ2v) is 6.47. The first-order chi connectivity index (χ1) is 9.09. The van der Waals surface area contributed by atoms with E-state index in [1.165, 1.54) is 27.7 Å². The second kappa shape index (κ2) is 5.60. The minimum Gasteiger partial charge on any atom is -0.360 e. The van der Waals surface area contributed by atoms with Crippen LogP contribution in [0.3, 0.4) is 0 Å². The predicted octanol–water partition coefficient (Wildman–Crippen LogP) is -0.0119. The van der Waals surface area contributed by atoms with Crippen LogP contribution in [0.25, 0.3) is 0 Å². The molecule has 1 amide bonds. The first kappa shape index (κ1) is 16.1. The summed E-state index contributed by atoms with van der Waals surface area (Å²) in [6.07, 6.45) is 0. The second-order valence-electron chi connectivity index (χ2n) is 4.76. The zero-order valence-electron chi connectivity index (χ0n) is 11.6. The summed E-state index contributed by atoms with van der Waals surface area (Å²) in [5.74, 6) is -0.459. The maximum absolute atomic E-state index is 12.0. The maximum atomic E-state index is 12.0. The normalized spacial score (nSPS) is 11.9. The van der Waals surface area contributed by atoms with Gasteiger partial charge >= 0.3 is 0 Å². The number of nitrogens with one attached hydrogen (secondary N) is 2. The molecule has 20 heavy (non-hydrogen) atoms. The highest BCUT2D eigenvalue weighted by Gasteiger charge is 2.26. The zero-order valence-corrected chi connectivity index (χ0v) is 12.5. The van der Waals surface area contributed by atoms with E-state index in [1.807, 2.05) is 6.07 Å². The largest absolute Gasteiger partial charge is 0.360 e. The molecule has 0 aliphatic carbocycles. The summed E-state index contributed by atoms with van der Waals surface area (Å²) >= 11 is 0. The number of carbonyl (C=O) groups is 1. The number of hydrogen-bond donors (Lipinski definition) is 2. The molecule has 0 saturated carbocycles. The Bertz CT molecular complexity index is 635. The lowest BCUT2D eigenvalue weighted by molar-refractivity contribution is -0.121. The first-order valence-corrected chi connectivity index (χ1v) is 7.22. The monoisotopic (exact) mass is 300 g/mol. The minimum atomic E-state index is -3.89. The summed E-state index contributed by atoms with van der Waals surface area (Å²) in [5, 5.41) is 14.7. The highest BCUT2D eigenvalue weighted by atomic mass is 32.2. The lowest BCUT2D eigenvalue weighted by Crippen LogP contribution is -2.46. The van der Waals surface area contributed by atoms with Crippen molar-refractivity contribution in [2.45, 2.75) is 38.1 Å². The third-order valence-corrected chi connectivity index (χ3v) is 4.04. The summed E-state index contributed by atoms with van der Waals surface area (Å²) in [4.78, 5) is 11.5. The van der Waals surface area contributed by atoms with Crippen LogP contribution in [-0.2, 0) is 14.8 Å². The van der Waals surface area contributed by atoms with Crippen molar-refractivity contribution in [3.8, 4) is 6.07 Å². The number of nitrogens with zero attached hydrogens (tertiary/aromatic N) is 2. The fourth-order valence-corrected chi connectivity index (χ4v) is 2.82. The van der Waals surface area contributed by atoms with E-state index in [9.17, 15) is 13.2 Å². The van der Waals surface area contributed by atoms with Crippen LogP contribution in [0.4, 0.5) is 0 Å². The van der Waals surface area contributed by atoms with Gasteiger partial charge in [0.05, 0.1) is 12.6 Å². The van der Waals surface area contributed by atoms with Crippen molar-refractivity contribution in [2.75, 3.05) is 6.54 Å². The van der Waals surface area contributed by atoms with Crippen molar-refractivity contribution >= 4 is 15.9 Å². The lowest BCUT2D eigenvalue weighted by atomic mass is 10.1. The van der Waals surface area contributed by atoms with E-state index >= 15 is 0 Å². The molecule has 0 bridgehead atoms. The Hall–Kier alpha value is -1.92. The van der Waals surface area contributed by atoms with Crippen molar-refractivity contribution in [1.29, 1.82) is 5.26 Å². The van der Waals surface area contributed by atoms with Crippen LogP contribution in [0.2, 0.25) is 0 Å². The Labute approximate surface area is 117 Å². The van der Waals surface area contributed by atoms with Gasteiger partial charge in [-0.25, -0.2) is 13.1 Å². The van der Waals surface area contributed by atoms with Gasteiger partial charge in [-0.1, -0.05) is 5.16 Å². The first-order valence-electron chi connectivity index (χ1n) is 5.74. The summed E-state index contributed by atoms with van der Waals surface area (Å²) in [7, 11) is -3.89. The number of carbonyl (C=O) groups excluding carboxylic acids is 1. The number of aryl methyl sites for hydroxylation is 2. The highest BCUT2D eigenvalue weighted by molar-refractivity contribution is 7.89. The van der Waals surface area contributed by atoms with Gasteiger partial charge in [0.1, 0.15) is 16.1 Å². The molecule has 0 radical (unpaired) electrons.